The molecule has 0 bridgehead atoms. The Morgan fingerprint density at radius 2 is 0.949 bits per heavy atom. The van der Waals surface area contributed by atoms with Crippen molar-refractivity contribution in [2.45, 2.75) is 50.8 Å². The van der Waals surface area contributed by atoms with Gasteiger partial charge in [0.15, 0.2) is 6.29 Å². The minimum Gasteiger partial charge on any atom is -0.374 e. The fourth-order valence-corrected chi connectivity index (χ4v) is 4.68. The molecule has 0 N–H and O–H groups in total. The van der Waals surface area contributed by atoms with Crippen molar-refractivity contribution in [3.05, 3.63) is 144 Å². The van der Waals surface area contributed by atoms with Crippen LogP contribution >= 0.6 is 0 Å². The Bertz CT molecular complexity index is 1110. The van der Waals surface area contributed by atoms with Gasteiger partial charge in [-0.2, -0.15) is 0 Å². The van der Waals surface area contributed by atoms with Crippen LogP contribution in [-0.4, -0.2) is 37.8 Å². The van der Waals surface area contributed by atoms with Crippen LogP contribution in [-0.2, 0) is 49.9 Å². The topological polar surface area (TPSA) is 46.2 Å². The van der Waals surface area contributed by atoms with Crippen molar-refractivity contribution in [2.75, 3.05) is 13.2 Å². The molecule has 1 aliphatic rings. The van der Waals surface area contributed by atoms with E-state index in [2.05, 4.69) is 48.5 Å². The van der Waals surface area contributed by atoms with E-state index in [0.29, 0.717) is 33.0 Å². The van der Waals surface area contributed by atoms with Crippen molar-refractivity contribution in [1.82, 2.24) is 0 Å². The van der Waals surface area contributed by atoms with Crippen LogP contribution in [0.25, 0.3) is 0 Å². The highest BCUT2D eigenvalue weighted by Gasteiger charge is 2.47. The summed E-state index contributed by atoms with van der Waals surface area (Å²) in [5.74, 6) is 0. The third-order valence-electron chi connectivity index (χ3n) is 6.75. The first-order valence-electron chi connectivity index (χ1n) is 13.6. The van der Waals surface area contributed by atoms with Crippen LogP contribution in [0.3, 0.4) is 0 Å². The molecule has 4 atom stereocenters. The molecule has 1 aliphatic heterocycles. The highest BCUT2D eigenvalue weighted by molar-refractivity contribution is 5.16. The van der Waals surface area contributed by atoms with E-state index >= 15 is 0 Å². The minimum atomic E-state index is -0.566. The van der Waals surface area contributed by atoms with Gasteiger partial charge in [-0.15, -0.1) is 0 Å². The van der Waals surface area contributed by atoms with Crippen molar-refractivity contribution in [3.63, 3.8) is 0 Å². The van der Waals surface area contributed by atoms with Crippen molar-refractivity contribution in [1.29, 1.82) is 0 Å². The first-order valence-corrected chi connectivity index (χ1v) is 13.6. The molecular formula is C34H36O5. The van der Waals surface area contributed by atoms with Crippen molar-refractivity contribution in [2.24, 2.45) is 0 Å². The predicted molar refractivity (Wildman–Crippen MR) is 151 cm³/mol. The average molecular weight is 525 g/mol. The van der Waals surface area contributed by atoms with E-state index in [1.54, 1.807) is 0 Å². The Hall–Kier alpha value is -3.32. The molecule has 0 aromatic heterocycles. The van der Waals surface area contributed by atoms with Gasteiger partial charge in [0, 0.05) is 0 Å². The smallest absolute Gasteiger partial charge is 0.186 e. The summed E-state index contributed by atoms with van der Waals surface area (Å²) in [6.07, 6.45) is -0.874. The summed E-state index contributed by atoms with van der Waals surface area (Å²) in [5, 5.41) is 0. The van der Waals surface area contributed by atoms with Crippen LogP contribution < -0.4 is 0 Å². The molecule has 0 spiro atoms. The fraction of sp³-hybridized carbons (Fsp3) is 0.294. The standard InChI is InChI=1S/C34H36O5/c1-5-13-27(14-6-1)21-22-36-34-33(38-25-30-19-11-4-12-20-30)32(37-24-29-17-9-3-10-18-29)31(39-34)26-35-23-28-15-7-2-8-16-28/h1-20,31-34H,21-26H2/t31-,32-,33+,34?/m1/s1. The van der Waals surface area contributed by atoms with Gasteiger partial charge < -0.3 is 23.7 Å². The number of rotatable bonds is 14. The third kappa shape index (κ3) is 8.33. The summed E-state index contributed by atoms with van der Waals surface area (Å²) in [5.41, 5.74) is 4.52. The van der Waals surface area contributed by atoms with Gasteiger partial charge >= 0.3 is 0 Å². The van der Waals surface area contributed by atoms with Gasteiger partial charge in [-0.05, 0) is 28.7 Å². The van der Waals surface area contributed by atoms with E-state index in [1.165, 1.54) is 5.56 Å². The number of hydrogen-bond acceptors (Lipinski definition) is 5. The zero-order valence-electron chi connectivity index (χ0n) is 22.1. The Kier molecular flexibility index (Phi) is 10.3. The second kappa shape index (κ2) is 14.7. The lowest BCUT2D eigenvalue weighted by Crippen LogP contribution is -2.39. The maximum absolute atomic E-state index is 6.49. The molecule has 0 saturated carbocycles. The molecule has 5 nitrogen and oxygen atoms in total. The SMILES string of the molecule is c1ccc(CCOC2O[C@H](COCc3ccccc3)[C@@H](OCc3ccccc3)[C@@H]2OCc2ccccc2)cc1. The van der Waals surface area contributed by atoms with Gasteiger partial charge in [-0.1, -0.05) is 121 Å². The molecular weight excluding hydrogens is 488 g/mol. The van der Waals surface area contributed by atoms with E-state index in [-0.39, 0.29) is 12.2 Å². The van der Waals surface area contributed by atoms with E-state index in [1.807, 2.05) is 72.8 Å². The largest absolute Gasteiger partial charge is 0.374 e. The molecule has 0 aliphatic carbocycles. The number of hydrogen-bond donors (Lipinski definition) is 0. The fourth-order valence-electron chi connectivity index (χ4n) is 4.68. The van der Waals surface area contributed by atoms with E-state index in [0.717, 1.165) is 23.1 Å². The quantitative estimate of drug-likeness (QED) is 0.192. The normalized spacial score (nSPS) is 20.7. The highest BCUT2D eigenvalue weighted by atomic mass is 16.7. The molecule has 4 aromatic carbocycles. The Balaban J connectivity index is 1.29. The van der Waals surface area contributed by atoms with Crippen LogP contribution in [0.1, 0.15) is 22.3 Å². The summed E-state index contributed by atoms with van der Waals surface area (Å²) >= 11 is 0. The summed E-state index contributed by atoms with van der Waals surface area (Å²) in [7, 11) is 0. The Morgan fingerprint density at radius 1 is 0.487 bits per heavy atom. The van der Waals surface area contributed by atoms with E-state index in [9.17, 15) is 0 Å². The molecule has 1 saturated heterocycles. The summed E-state index contributed by atoms with van der Waals surface area (Å²) in [6, 6.07) is 40.8. The maximum Gasteiger partial charge on any atom is 0.186 e. The van der Waals surface area contributed by atoms with Gasteiger partial charge in [0.2, 0.25) is 0 Å². The lowest BCUT2D eigenvalue weighted by atomic mass is 10.1. The van der Waals surface area contributed by atoms with E-state index < -0.39 is 12.4 Å². The Morgan fingerprint density at radius 3 is 1.49 bits per heavy atom. The molecule has 5 rings (SSSR count). The molecule has 1 fully saturated rings. The molecule has 0 radical (unpaired) electrons. The molecule has 5 heteroatoms. The first-order chi connectivity index (χ1) is 19.3. The molecule has 0 amide bonds. The van der Waals surface area contributed by atoms with Crippen LogP contribution in [0.4, 0.5) is 0 Å². The van der Waals surface area contributed by atoms with Gasteiger partial charge in [0.05, 0.1) is 33.0 Å². The third-order valence-corrected chi connectivity index (χ3v) is 6.75. The molecule has 39 heavy (non-hydrogen) atoms. The van der Waals surface area contributed by atoms with Crippen LogP contribution in [0.5, 0.6) is 0 Å². The lowest BCUT2D eigenvalue weighted by molar-refractivity contribution is -0.184. The van der Waals surface area contributed by atoms with E-state index in [4.69, 9.17) is 23.7 Å². The van der Waals surface area contributed by atoms with Gasteiger partial charge in [0.1, 0.15) is 18.3 Å². The summed E-state index contributed by atoms with van der Waals surface area (Å²) in [6.45, 7) is 2.28. The van der Waals surface area contributed by atoms with Crippen molar-refractivity contribution >= 4 is 0 Å². The van der Waals surface area contributed by atoms with Crippen LogP contribution in [0, 0.1) is 0 Å². The highest BCUT2D eigenvalue weighted by Crippen LogP contribution is 2.30. The Labute approximate surface area is 231 Å². The monoisotopic (exact) mass is 524 g/mol. The molecule has 4 aromatic rings. The maximum atomic E-state index is 6.49. The molecule has 1 unspecified atom stereocenters. The van der Waals surface area contributed by atoms with Crippen molar-refractivity contribution in [3.8, 4) is 0 Å². The van der Waals surface area contributed by atoms with Crippen LogP contribution in [0.15, 0.2) is 121 Å². The minimum absolute atomic E-state index is 0.333. The zero-order valence-corrected chi connectivity index (χ0v) is 22.1. The van der Waals surface area contributed by atoms with Gasteiger partial charge in [-0.3, -0.25) is 0 Å². The summed E-state index contributed by atoms with van der Waals surface area (Å²) < 4.78 is 31.8. The molecule has 1 heterocycles. The van der Waals surface area contributed by atoms with Gasteiger partial charge in [0.25, 0.3) is 0 Å². The molecule has 202 valence electrons. The first kappa shape index (κ1) is 27.3. The average Bonchev–Trinajstić information content (AvgIpc) is 3.33. The van der Waals surface area contributed by atoms with Gasteiger partial charge in [-0.25, -0.2) is 0 Å². The van der Waals surface area contributed by atoms with Crippen molar-refractivity contribution < 1.29 is 23.7 Å². The zero-order chi connectivity index (χ0) is 26.5. The predicted octanol–water partition coefficient (Wildman–Crippen LogP) is 6.36. The number of benzene rings is 4. The lowest BCUT2D eigenvalue weighted by Gasteiger charge is -2.25. The second-order valence-electron chi connectivity index (χ2n) is 9.67. The number of ether oxygens (including phenoxy) is 5. The second-order valence-corrected chi connectivity index (χ2v) is 9.67. The van der Waals surface area contributed by atoms with Crippen LogP contribution in [0.2, 0.25) is 0 Å². The summed E-state index contributed by atoms with van der Waals surface area (Å²) in [4.78, 5) is 0.